The first-order chi connectivity index (χ1) is 8.31. The Labute approximate surface area is 98.5 Å². The van der Waals surface area contributed by atoms with Crippen molar-refractivity contribution in [2.45, 2.75) is 6.92 Å². The molecule has 0 fully saturated rings. The Balaban J connectivity index is 2.32. The van der Waals surface area contributed by atoms with Crippen molar-refractivity contribution in [3.05, 3.63) is 42.6 Å². The first-order valence-electron chi connectivity index (χ1n) is 5.22. The van der Waals surface area contributed by atoms with E-state index in [0.29, 0.717) is 12.3 Å². The van der Waals surface area contributed by atoms with Gasteiger partial charge in [0.05, 0.1) is 12.3 Å². The Kier molecular flexibility index (Phi) is 3.40. The van der Waals surface area contributed by atoms with Crippen molar-refractivity contribution < 1.29 is 9.53 Å². The first kappa shape index (κ1) is 11.2. The molecule has 2 aromatic heterocycles. The van der Waals surface area contributed by atoms with Crippen LogP contribution in [0.15, 0.2) is 36.8 Å². The van der Waals surface area contributed by atoms with Crippen LogP contribution < -0.4 is 0 Å². The normalized spacial score (nSPS) is 9.94. The minimum atomic E-state index is -0.511. The molecular formula is C12H11N3O2. The van der Waals surface area contributed by atoms with E-state index in [1.165, 1.54) is 6.20 Å². The summed E-state index contributed by atoms with van der Waals surface area (Å²) in [6, 6.07) is 5.37. The maximum Gasteiger partial charge on any atom is 0.376 e. The second-order valence-corrected chi connectivity index (χ2v) is 3.22. The Hall–Kier alpha value is -2.30. The van der Waals surface area contributed by atoms with Crippen molar-refractivity contribution in [1.29, 1.82) is 0 Å². The van der Waals surface area contributed by atoms with E-state index in [0.717, 1.165) is 5.56 Å². The van der Waals surface area contributed by atoms with E-state index < -0.39 is 5.97 Å². The van der Waals surface area contributed by atoms with Gasteiger partial charge in [-0.2, -0.15) is 0 Å². The van der Waals surface area contributed by atoms with Gasteiger partial charge in [0.25, 0.3) is 0 Å². The number of ether oxygens (including phenoxy) is 1. The second-order valence-electron chi connectivity index (χ2n) is 3.22. The van der Waals surface area contributed by atoms with Crippen LogP contribution in [0.5, 0.6) is 0 Å². The number of rotatable bonds is 3. The van der Waals surface area contributed by atoms with Crippen LogP contribution in [0, 0.1) is 0 Å². The molecular weight excluding hydrogens is 218 g/mol. The molecule has 2 rings (SSSR count). The molecule has 0 aliphatic heterocycles. The Morgan fingerprint density at radius 3 is 2.71 bits per heavy atom. The molecule has 17 heavy (non-hydrogen) atoms. The number of carbonyl (C=O) groups excluding carboxylic acids is 1. The van der Waals surface area contributed by atoms with Gasteiger partial charge >= 0.3 is 5.97 Å². The highest BCUT2D eigenvalue weighted by atomic mass is 16.5. The van der Waals surface area contributed by atoms with Gasteiger partial charge < -0.3 is 4.74 Å². The number of hydrogen-bond acceptors (Lipinski definition) is 5. The summed E-state index contributed by atoms with van der Waals surface area (Å²) < 4.78 is 4.84. The zero-order valence-electron chi connectivity index (χ0n) is 9.33. The molecule has 0 spiro atoms. The molecule has 0 amide bonds. The lowest BCUT2D eigenvalue weighted by molar-refractivity contribution is 0.0512. The van der Waals surface area contributed by atoms with Crippen LogP contribution in [0.1, 0.15) is 17.5 Å². The van der Waals surface area contributed by atoms with Crippen molar-refractivity contribution in [2.24, 2.45) is 0 Å². The van der Waals surface area contributed by atoms with Crippen molar-refractivity contribution >= 4 is 5.97 Å². The van der Waals surface area contributed by atoms with Gasteiger partial charge in [-0.1, -0.05) is 0 Å². The molecule has 2 heterocycles. The largest absolute Gasteiger partial charge is 0.460 e. The third-order valence-electron chi connectivity index (χ3n) is 2.09. The minimum absolute atomic E-state index is 0.0705. The molecule has 5 nitrogen and oxygen atoms in total. The summed E-state index contributed by atoms with van der Waals surface area (Å²) in [5.41, 5.74) is 1.55. The smallest absolute Gasteiger partial charge is 0.376 e. The number of carbonyl (C=O) groups is 1. The molecule has 0 aromatic carbocycles. The zero-order chi connectivity index (χ0) is 12.1. The summed E-state index contributed by atoms with van der Waals surface area (Å²) in [6.07, 6.45) is 4.87. The van der Waals surface area contributed by atoms with E-state index >= 15 is 0 Å². The fourth-order valence-electron chi connectivity index (χ4n) is 1.34. The van der Waals surface area contributed by atoms with Gasteiger partial charge in [-0.3, -0.25) is 4.98 Å². The van der Waals surface area contributed by atoms with E-state index in [1.807, 2.05) is 12.1 Å². The predicted molar refractivity (Wildman–Crippen MR) is 61.2 cm³/mol. The average Bonchev–Trinajstić information content (AvgIpc) is 2.40. The third kappa shape index (κ3) is 2.63. The Morgan fingerprint density at radius 2 is 2.00 bits per heavy atom. The lowest BCUT2D eigenvalue weighted by Crippen LogP contribution is -2.09. The molecule has 0 saturated heterocycles. The number of esters is 1. The summed E-state index contributed by atoms with van der Waals surface area (Å²) in [6.45, 7) is 2.05. The van der Waals surface area contributed by atoms with Crippen molar-refractivity contribution in [3.8, 4) is 11.3 Å². The van der Waals surface area contributed by atoms with Crippen LogP contribution in [0.3, 0.4) is 0 Å². The molecule has 0 N–H and O–H groups in total. The SMILES string of the molecule is CCOC(=O)c1nccc(-c2ccncc2)n1. The van der Waals surface area contributed by atoms with Gasteiger partial charge in [-0.05, 0) is 25.1 Å². The summed E-state index contributed by atoms with van der Waals surface area (Å²) in [7, 11) is 0. The Bertz CT molecular complexity index is 514. The van der Waals surface area contributed by atoms with Crippen LogP contribution in [-0.4, -0.2) is 27.5 Å². The maximum absolute atomic E-state index is 11.5. The topological polar surface area (TPSA) is 65.0 Å². The van der Waals surface area contributed by atoms with E-state index in [-0.39, 0.29) is 5.82 Å². The van der Waals surface area contributed by atoms with Crippen LogP contribution in [0.4, 0.5) is 0 Å². The van der Waals surface area contributed by atoms with Crippen LogP contribution in [0.25, 0.3) is 11.3 Å². The number of nitrogens with zero attached hydrogens (tertiary/aromatic N) is 3. The van der Waals surface area contributed by atoms with E-state index in [4.69, 9.17) is 4.74 Å². The van der Waals surface area contributed by atoms with Crippen LogP contribution in [0.2, 0.25) is 0 Å². The molecule has 0 aliphatic rings. The molecule has 0 unspecified atom stereocenters. The van der Waals surface area contributed by atoms with Gasteiger partial charge in [-0.25, -0.2) is 14.8 Å². The number of pyridine rings is 1. The standard InChI is InChI=1S/C12H11N3O2/c1-2-17-12(16)11-14-8-5-10(15-11)9-3-6-13-7-4-9/h3-8H,2H2,1H3. The number of aromatic nitrogens is 3. The van der Waals surface area contributed by atoms with Crippen molar-refractivity contribution in [2.75, 3.05) is 6.61 Å². The molecule has 0 radical (unpaired) electrons. The fraction of sp³-hybridized carbons (Fsp3) is 0.167. The Morgan fingerprint density at radius 1 is 1.24 bits per heavy atom. The van der Waals surface area contributed by atoms with E-state index in [9.17, 15) is 4.79 Å². The predicted octanol–water partition coefficient (Wildman–Crippen LogP) is 1.72. The van der Waals surface area contributed by atoms with Gasteiger partial charge in [0.15, 0.2) is 0 Å². The van der Waals surface area contributed by atoms with E-state index in [1.54, 1.807) is 25.4 Å². The van der Waals surface area contributed by atoms with Crippen LogP contribution in [-0.2, 0) is 4.74 Å². The lowest BCUT2D eigenvalue weighted by atomic mass is 10.2. The second kappa shape index (κ2) is 5.16. The van der Waals surface area contributed by atoms with Crippen molar-refractivity contribution in [1.82, 2.24) is 15.0 Å². The molecule has 5 heteroatoms. The fourth-order valence-corrected chi connectivity index (χ4v) is 1.34. The molecule has 86 valence electrons. The van der Waals surface area contributed by atoms with E-state index in [2.05, 4.69) is 15.0 Å². The third-order valence-corrected chi connectivity index (χ3v) is 2.09. The molecule has 0 atom stereocenters. The maximum atomic E-state index is 11.5. The molecule has 0 saturated carbocycles. The molecule has 0 bridgehead atoms. The monoisotopic (exact) mass is 229 g/mol. The summed E-state index contributed by atoms with van der Waals surface area (Å²) >= 11 is 0. The van der Waals surface area contributed by atoms with Crippen LogP contribution >= 0.6 is 0 Å². The lowest BCUT2D eigenvalue weighted by Gasteiger charge is -2.03. The first-order valence-corrected chi connectivity index (χ1v) is 5.22. The quantitative estimate of drug-likeness (QED) is 0.750. The van der Waals surface area contributed by atoms with Crippen molar-refractivity contribution in [3.63, 3.8) is 0 Å². The molecule has 0 aliphatic carbocycles. The van der Waals surface area contributed by atoms with Gasteiger partial charge in [0.1, 0.15) is 0 Å². The van der Waals surface area contributed by atoms with Gasteiger partial charge in [0, 0.05) is 24.2 Å². The highest BCUT2D eigenvalue weighted by Crippen LogP contribution is 2.14. The highest BCUT2D eigenvalue weighted by Gasteiger charge is 2.11. The summed E-state index contributed by atoms with van der Waals surface area (Å²) in [4.78, 5) is 23.4. The summed E-state index contributed by atoms with van der Waals surface area (Å²) in [5.74, 6) is -0.440. The minimum Gasteiger partial charge on any atom is -0.460 e. The summed E-state index contributed by atoms with van der Waals surface area (Å²) in [5, 5.41) is 0. The average molecular weight is 229 g/mol. The van der Waals surface area contributed by atoms with Gasteiger partial charge in [0.2, 0.25) is 5.82 Å². The molecule has 2 aromatic rings. The number of hydrogen-bond donors (Lipinski definition) is 0. The van der Waals surface area contributed by atoms with Gasteiger partial charge in [-0.15, -0.1) is 0 Å². The highest BCUT2D eigenvalue weighted by molar-refractivity contribution is 5.85. The zero-order valence-corrected chi connectivity index (χ0v) is 9.33.